The van der Waals surface area contributed by atoms with Gasteiger partial charge in [-0.25, -0.2) is 4.98 Å². The topological polar surface area (TPSA) is 80.3 Å². The number of nitrogens with one attached hydrogen (secondary N) is 2. The summed E-state index contributed by atoms with van der Waals surface area (Å²) in [6.07, 6.45) is 0.620. The second kappa shape index (κ2) is 10.9. The van der Waals surface area contributed by atoms with Crippen LogP contribution in [0.25, 0.3) is 10.8 Å². The zero-order valence-electron chi connectivity index (χ0n) is 19.3. The molecule has 7 heteroatoms. The van der Waals surface area contributed by atoms with Gasteiger partial charge in [-0.3, -0.25) is 9.59 Å². The molecule has 0 radical (unpaired) electrons. The minimum absolute atomic E-state index is 0.115. The minimum Gasteiger partial charge on any atom is -0.486 e. The maximum absolute atomic E-state index is 12.6. The molecule has 0 saturated heterocycles. The largest absolute Gasteiger partial charge is 0.486 e. The Balaban J connectivity index is 1.20. The molecule has 0 atom stereocenters. The van der Waals surface area contributed by atoms with E-state index in [0.717, 1.165) is 32.7 Å². The summed E-state index contributed by atoms with van der Waals surface area (Å²) >= 11 is 1.40. The number of ether oxygens (including phenoxy) is 1. The lowest BCUT2D eigenvalue weighted by Gasteiger charge is -2.08. The zero-order chi connectivity index (χ0) is 23.9. The third-order valence-electron chi connectivity index (χ3n) is 5.30. The second-order valence-corrected chi connectivity index (χ2v) is 9.07. The Morgan fingerprint density at radius 3 is 2.41 bits per heavy atom. The fourth-order valence-corrected chi connectivity index (χ4v) is 4.43. The minimum atomic E-state index is -0.228. The molecule has 4 rings (SSSR count). The molecule has 2 N–H and O–H groups in total. The molecule has 6 nitrogen and oxygen atoms in total. The molecular formula is C27H27N3O3S. The average molecular weight is 474 g/mol. The van der Waals surface area contributed by atoms with Crippen LogP contribution in [0.15, 0.2) is 66.0 Å². The van der Waals surface area contributed by atoms with Gasteiger partial charge in [-0.1, -0.05) is 42.5 Å². The van der Waals surface area contributed by atoms with E-state index in [1.807, 2.05) is 68.4 Å². The average Bonchev–Trinajstić information content (AvgIpc) is 3.30. The van der Waals surface area contributed by atoms with Crippen LogP contribution in [0.3, 0.4) is 0 Å². The van der Waals surface area contributed by atoms with Crippen molar-refractivity contribution in [2.24, 2.45) is 0 Å². The van der Waals surface area contributed by atoms with Gasteiger partial charge in [-0.05, 0) is 60.4 Å². The summed E-state index contributed by atoms with van der Waals surface area (Å²) in [6.45, 7) is 5.29. The molecule has 3 aromatic carbocycles. The van der Waals surface area contributed by atoms with E-state index < -0.39 is 0 Å². The van der Waals surface area contributed by atoms with Gasteiger partial charge in [0.05, 0.1) is 0 Å². The summed E-state index contributed by atoms with van der Waals surface area (Å²) in [5, 5.41) is 10.2. The molecule has 0 aliphatic rings. The highest BCUT2D eigenvalue weighted by molar-refractivity contribution is 7.09. The number of aromatic nitrogens is 1. The van der Waals surface area contributed by atoms with Crippen molar-refractivity contribution in [3.05, 3.63) is 93.4 Å². The molecule has 0 fully saturated rings. The van der Waals surface area contributed by atoms with E-state index in [1.54, 1.807) is 5.38 Å². The molecule has 0 unspecified atom stereocenters. The van der Waals surface area contributed by atoms with Crippen LogP contribution in [0.5, 0.6) is 5.75 Å². The summed E-state index contributed by atoms with van der Waals surface area (Å²) in [7, 11) is 0. The lowest BCUT2D eigenvalue weighted by atomic mass is 10.0. The van der Waals surface area contributed by atoms with Crippen LogP contribution in [-0.2, 0) is 6.61 Å². The summed E-state index contributed by atoms with van der Waals surface area (Å²) < 4.78 is 5.82. The van der Waals surface area contributed by atoms with Crippen molar-refractivity contribution in [1.82, 2.24) is 15.6 Å². The Hall–Kier alpha value is -3.71. The van der Waals surface area contributed by atoms with Crippen molar-refractivity contribution in [2.75, 3.05) is 13.1 Å². The highest BCUT2D eigenvalue weighted by atomic mass is 32.1. The van der Waals surface area contributed by atoms with Crippen molar-refractivity contribution in [1.29, 1.82) is 0 Å². The molecule has 34 heavy (non-hydrogen) atoms. The van der Waals surface area contributed by atoms with E-state index in [1.165, 1.54) is 11.3 Å². The molecule has 1 heterocycles. The lowest BCUT2D eigenvalue weighted by Crippen LogP contribution is -2.30. The number of benzene rings is 3. The van der Waals surface area contributed by atoms with E-state index in [0.29, 0.717) is 37.4 Å². The van der Waals surface area contributed by atoms with Crippen molar-refractivity contribution in [3.8, 4) is 5.75 Å². The third-order valence-corrected chi connectivity index (χ3v) is 6.12. The highest BCUT2D eigenvalue weighted by Gasteiger charge is 2.12. The van der Waals surface area contributed by atoms with Crippen LogP contribution in [-0.4, -0.2) is 29.9 Å². The molecule has 174 valence electrons. The number of nitrogens with zero attached hydrogens (tertiary/aromatic N) is 1. The monoisotopic (exact) mass is 473 g/mol. The van der Waals surface area contributed by atoms with Crippen molar-refractivity contribution in [3.63, 3.8) is 0 Å². The number of hydrogen-bond acceptors (Lipinski definition) is 5. The summed E-state index contributed by atoms with van der Waals surface area (Å²) in [5.74, 6) is 0.453. The van der Waals surface area contributed by atoms with Gasteiger partial charge in [0.25, 0.3) is 11.8 Å². The van der Waals surface area contributed by atoms with Gasteiger partial charge in [-0.2, -0.15) is 0 Å². The van der Waals surface area contributed by atoms with Crippen LogP contribution in [0.4, 0.5) is 0 Å². The molecule has 0 saturated carbocycles. The number of fused-ring (bicyclic) bond motifs is 1. The Bertz CT molecular complexity index is 1290. The number of hydrogen-bond donors (Lipinski definition) is 2. The predicted molar refractivity (Wildman–Crippen MR) is 136 cm³/mol. The smallest absolute Gasteiger partial charge is 0.270 e. The third kappa shape index (κ3) is 5.99. The van der Waals surface area contributed by atoms with Gasteiger partial charge in [0, 0.05) is 24.0 Å². The van der Waals surface area contributed by atoms with Crippen LogP contribution >= 0.6 is 11.3 Å². The van der Waals surface area contributed by atoms with Gasteiger partial charge < -0.3 is 15.4 Å². The van der Waals surface area contributed by atoms with Crippen molar-refractivity contribution >= 4 is 33.9 Å². The molecule has 4 aromatic rings. The van der Waals surface area contributed by atoms with Crippen LogP contribution < -0.4 is 15.4 Å². The molecule has 0 aliphatic heterocycles. The van der Waals surface area contributed by atoms with E-state index in [-0.39, 0.29) is 11.8 Å². The van der Waals surface area contributed by atoms with Crippen LogP contribution in [0, 0.1) is 13.8 Å². The Kier molecular flexibility index (Phi) is 7.54. The Labute approximate surface area is 203 Å². The maximum atomic E-state index is 12.6. The number of rotatable bonds is 9. The summed E-state index contributed by atoms with van der Waals surface area (Å²) in [5.41, 5.74) is 3.31. The quantitative estimate of drug-likeness (QED) is 0.334. The van der Waals surface area contributed by atoms with Crippen molar-refractivity contribution in [2.45, 2.75) is 26.9 Å². The van der Waals surface area contributed by atoms with E-state index in [9.17, 15) is 9.59 Å². The molecule has 0 aliphatic carbocycles. The molecule has 2 amide bonds. The molecular weight excluding hydrogens is 446 g/mol. The first kappa shape index (κ1) is 23.4. The first-order chi connectivity index (χ1) is 16.5. The van der Waals surface area contributed by atoms with E-state index in [4.69, 9.17) is 4.74 Å². The standard InChI is InChI=1S/C27H27N3O3S/c1-18-13-19(2)15-21(14-18)33-16-25-30-24(17-34-25)27(32)29-12-6-11-28-26(31)23-10-5-8-20-7-3-4-9-22(20)23/h3-5,7-10,13-15,17H,6,11-12,16H2,1-2H3,(H,28,31)(H,29,32). The van der Waals surface area contributed by atoms with Gasteiger partial charge >= 0.3 is 0 Å². The van der Waals surface area contributed by atoms with Crippen LogP contribution in [0.1, 0.15) is 43.4 Å². The second-order valence-electron chi connectivity index (χ2n) is 8.13. The molecule has 0 spiro atoms. The number of aryl methyl sites for hydroxylation is 2. The van der Waals surface area contributed by atoms with Gasteiger partial charge in [0.15, 0.2) is 0 Å². The Morgan fingerprint density at radius 1 is 0.912 bits per heavy atom. The van der Waals surface area contributed by atoms with Crippen molar-refractivity contribution < 1.29 is 14.3 Å². The first-order valence-corrected chi connectivity index (χ1v) is 12.1. The number of carbonyl (C=O) groups is 2. The normalized spacial score (nSPS) is 10.8. The number of amides is 2. The predicted octanol–water partition coefficient (Wildman–Crippen LogP) is 5.04. The summed E-state index contributed by atoms with van der Waals surface area (Å²) in [6, 6.07) is 19.6. The van der Waals surface area contributed by atoms with Crippen LogP contribution in [0.2, 0.25) is 0 Å². The number of carbonyl (C=O) groups excluding carboxylic acids is 2. The molecule has 0 bridgehead atoms. The number of thiazole rings is 1. The van der Waals surface area contributed by atoms with Gasteiger partial charge in [0.2, 0.25) is 0 Å². The molecule has 1 aromatic heterocycles. The zero-order valence-corrected chi connectivity index (χ0v) is 20.1. The summed E-state index contributed by atoms with van der Waals surface area (Å²) in [4.78, 5) is 29.3. The SMILES string of the molecule is Cc1cc(C)cc(OCc2nc(C(=O)NCCCNC(=O)c3cccc4ccccc34)cs2)c1. The lowest BCUT2D eigenvalue weighted by molar-refractivity contribution is 0.0948. The fraction of sp³-hybridized carbons (Fsp3) is 0.222. The maximum Gasteiger partial charge on any atom is 0.270 e. The van der Waals surface area contributed by atoms with E-state index >= 15 is 0 Å². The van der Waals surface area contributed by atoms with Gasteiger partial charge in [-0.15, -0.1) is 11.3 Å². The van der Waals surface area contributed by atoms with E-state index in [2.05, 4.69) is 21.7 Å². The highest BCUT2D eigenvalue weighted by Crippen LogP contribution is 2.20. The fourth-order valence-electron chi connectivity index (χ4n) is 3.74. The Morgan fingerprint density at radius 2 is 1.62 bits per heavy atom. The first-order valence-electron chi connectivity index (χ1n) is 11.2. The van der Waals surface area contributed by atoms with Gasteiger partial charge in [0.1, 0.15) is 23.1 Å².